The van der Waals surface area contributed by atoms with Crippen molar-refractivity contribution in [1.82, 2.24) is 4.57 Å². The molecule has 0 aliphatic carbocycles. The Morgan fingerprint density at radius 3 is 2.95 bits per heavy atom. The minimum atomic E-state index is -1.05. The summed E-state index contributed by atoms with van der Waals surface area (Å²) in [6.45, 7) is -0.184. The standard InChI is InChI=1S/C12H9NO5S/c14-11(15)4-13-8(5-19-12(13)16)7-1-2-9-10(3-7)18-6-17-9/h1-3,5H,4,6H2,(H,14,15). The first-order valence-corrected chi connectivity index (χ1v) is 6.33. The van der Waals surface area contributed by atoms with E-state index in [-0.39, 0.29) is 18.2 Å². The normalized spacial score (nSPS) is 12.6. The molecule has 0 fully saturated rings. The molecule has 2 aromatic rings. The SMILES string of the molecule is O=C(O)Cn1c(-c2ccc3c(c2)OCO3)csc1=O. The highest BCUT2D eigenvalue weighted by atomic mass is 32.1. The second kappa shape index (κ2) is 4.43. The predicted molar refractivity (Wildman–Crippen MR) is 67.8 cm³/mol. The minimum Gasteiger partial charge on any atom is -0.480 e. The van der Waals surface area contributed by atoms with E-state index in [9.17, 15) is 9.59 Å². The average Bonchev–Trinajstić information content (AvgIpc) is 2.96. The van der Waals surface area contributed by atoms with Gasteiger partial charge >= 0.3 is 10.8 Å². The maximum absolute atomic E-state index is 11.6. The van der Waals surface area contributed by atoms with E-state index >= 15 is 0 Å². The van der Waals surface area contributed by atoms with Gasteiger partial charge in [0.05, 0.1) is 5.69 Å². The molecule has 19 heavy (non-hydrogen) atoms. The molecule has 1 aliphatic heterocycles. The van der Waals surface area contributed by atoms with Gasteiger partial charge in [0.1, 0.15) is 6.54 Å². The number of aromatic nitrogens is 1. The van der Waals surface area contributed by atoms with Crippen molar-refractivity contribution in [3.8, 4) is 22.8 Å². The molecule has 0 unspecified atom stereocenters. The molecule has 98 valence electrons. The van der Waals surface area contributed by atoms with Crippen LogP contribution in [0.1, 0.15) is 0 Å². The molecular formula is C12H9NO5S. The number of fused-ring (bicyclic) bond motifs is 1. The molecule has 3 rings (SSSR count). The van der Waals surface area contributed by atoms with Crippen LogP contribution in [-0.4, -0.2) is 22.4 Å². The van der Waals surface area contributed by atoms with Crippen LogP contribution in [0.2, 0.25) is 0 Å². The van der Waals surface area contributed by atoms with Crippen LogP contribution in [0, 0.1) is 0 Å². The zero-order chi connectivity index (χ0) is 13.4. The molecule has 0 saturated carbocycles. The van der Waals surface area contributed by atoms with Gasteiger partial charge in [0.2, 0.25) is 6.79 Å². The third kappa shape index (κ3) is 2.08. The zero-order valence-corrected chi connectivity index (χ0v) is 10.5. The van der Waals surface area contributed by atoms with E-state index in [2.05, 4.69) is 0 Å². The van der Waals surface area contributed by atoms with Gasteiger partial charge in [-0.25, -0.2) is 0 Å². The van der Waals surface area contributed by atoms with Crippen LogP contribution in [-0.2, 0) is 11.3 Å². The van der Waals surface area contributed by atoms with E-state index in [4.69, 9.17) is 14.6 Å². The number of ether oxygens (including phenoxy) is 2. The lowest BCUT2D eigenvalue weighted by Crippen LogP contribution is -2.19. The smallest absolute Gasteiger partial charge is 0.323 e. The largest absolute Gasteiger partial charge is 0.480 e. The molecule has 1 aliphatic rings. The van der Waals surface area contributed by atoms with Crippen LogP contribution >= 0.6 is 11.3 Å². The number of hydrogen-bond acceptors (Lipinski definition) is 5. The fraction of sp³-hybridized carbons (Fsp3) is 0.167. The van der Waals surface area contributed by atoms with Crippen LogP contribution in [0.15, 0.2) is 28.4 Å². The van der Waals surface area contributed by atoms with Crippen molar-refractivity contribution in [3.05, 3.63) is 33.2 Å². The Labute approximate surface area is 111 Å². The average molecular weight is 279 g/mol. The summed E-state index contributed by atoms with van der Waals surface area (Å²) in [7, 11) is 0. The van der Waals surface area contributed by atoms with Crippen molar-refractivity contribution in [3.63, 3.8) is 0 Å². The molecular weight excluding hydrogens is 270 g/mol. The van der Waals surface area contributed by atoms with Gasteiger partial charge in [-0.1, -0.05) is 11.3 Å². The maximum Gasteiger partial charge on any atom is 0.323 e. The Kier molecular flexibility index (Phi) is 2.75. The third-order valence-corrected chi connectivity index (χ3v) is 3.51. The van der Waals surface area contributed by atoms with E-state index in [1.807, 2.05) is 0 Å². The predicted octanol–water partition coefficient (Wildman–Crippen LogP) is 1.39. The summed E-state index contributed by atoms with van der Waals surface area (Å²) < 4.78 is 11.7. The van der Waals surface area contributed by atoms with Crippen LogP contribution in [0.3, 0.4) is 0 Å². The molecule has 1 aromatic heterocycles. The van der Waals surface area contributed by atoms with Gasteiger partial charge in [0.25, 0.3) is 0 Å². The van der Waals surface area contributed by atoms with E-state index in [0.717, 1.165) is 16.9 Å². The number of carboxylic acid groups (broad SMARTS) is 1. The van der Waals surface area contributed by atoms with Gasteiger partial charge in [0, 0.05) is 10.9 Å². The number of carbonyl (C=O) groups is 1. The Hall–Kier alpha value is -2.28. The lowest BCUT2D eigenvalue weighted by atomic mass is 10.1. The van der Waals surface area contributed by atoms with Crippen molar-refractivity contribution in [2.24, 2.45) is 0 Å². The van der Waals surface area contributed by atoms with Crippen molar-refractivity contribution in [1.29, 1.82) is 0 Å². The molecule has 6 nitrogen and oxygen atoms in total. The summed E-state index contributed by atoms with van der Waals surface area (Å²) in [5, 5.41) is 10.5. The second-order valence-corrected chi connectivity index (χ2v) is 4.76. The summed E-state index contributed by atoms with van der Waals surface area (Å²) in [6, 6.07) is 5.25. The van der Waals surface area contributed by atoms with Gasteiger partial charge in [-0.15, -0.1) is 0 Å². The second-order valence-electron chi connectivity index (χ2n) is 3.93. The molecule has 2 heterocycles. The van der Waals surface area contributed by atoms with E-state index in [1.165, 1.54) is 4.57 Å². The number of benzene rings is 1. The number of hydrogen-bond donors (Lipinski definition) is 1. The first kappa shape index (κ1) is 11.8. The molecule has 0 spiro atoms. The third-order valence-electron chi connectivity index (χ3n) is 2.74. The van der Waals surface area contributed by atoms with Gasteiger partial charge in [0.15, 0.2) is 11.5 Å². The lowest BCUT2D eigenvalue weighted by Gasteiger charge is -2.06. The molecule has 0 amide bonds. The summed E-state index contributed by atoms with van der Waals surface area (Å²) in [5.41, 5.74) is 1.29. The molecule has 1 N–H and O–H groups in total. The zero-order valence-electron chi connectivity index (χ0n) is 9.66. The van der Waals surface area contributed by atoms with Crippen LogP contribution in [0.4, 0.5) is 0 Å². The molecule has 0 radical (unpaired) electrons. The maximum atomic E-state index is 11.6. The number of aliphatic carboxylic acids is 1. The van der Waals surface area contributed by atoms with Gasteiger partial charge in [-0.2, -0.15) is 0 Å². The highest BCUT2D eigenvalue weighted by molar-refractivity contribution is 7.07. The number of carboxylic acids is 1. The highest BCUT2D eigenvalue weighted by Crippen LogP contribution is 2.35. The summed E-state index contributed by atoms with van der Waals surface area (Å²) in [4.78, 5) is 22.1. The topological polar surface area (TPSA) is 77.8 Å². The van der Waals surface area contributed by atoms with Crippen molar-refractivity contribution < 1.29 is 19.4 Å². The Balaban J connectivity index is 2.07. The van der Waals surface area contributed by atoms with Gasteiger partial charge < -0.3 is 14.6 Å². The Bertz CT molecular complexity index is 702. The first-order chi connectivity index (χ1) is 9.15. The molecule has 0 saturated heterocycles. The minimum absolute atomic E-state index is 0.171. The number of thiazole rings is 1. The Morgan fingerprint density at radius 1 is 1.37 bits per heavy atom. The van der Waals surface area contributed by atoms with Crippen LogP contribution in [0.25, 0.3) is 11.3 Å². The van der Waals surface area contributed by atoms with Crippen LogP contribution in [0.5, 0.6) is 11.5 Å². The van der Waals surface area contributed by atoms with Crippen LogP contribution < -0.4 is 14.3 Å². The summed E-state index contributed by atoms with van der Waals surface area (Å²) >= 11 is 0.973. The van der Waals surface area contributed by atoms with Crippen molar-refractivity contribution in [2.45, 2.75) is 6.54 Å². The lowest BCUT2D eigenvalue weighted by molar-refractivity contribution is -0.137. The molecule has 1 aromatic carbocycles. The van der Waals surface area contributed by atoms with Crippen molar-refractivity contribution >= 4 is 17.3 Å². The van der Waals surface area contributed by atoms with E-state index in [1.54, 1.807) is 23.6 Å². The van der Waals surface area contributed by atoms with Gasteiger partial charge in [-0.05, 0) is 18.2 Å². The number of nitrogens with zero attached hydrogens (tertiary/aromatic N) is 1. The quantitative estimate of drug-likeness (QED) is 0.918. The monoisotopic (exact) mass is 279 g/mol. The van der Waals surface area contributed by atoms with Gasteiger partial charge in [-0.3, -0.25) is 14.2 Å². The molecule has 0 atom stereocenters. The fourth-order valence-corrected chi connectivity index (χ4v) is 2.66. The molecule has 7 heteroatoms. The highest BCUT2D eigenvalue weighted by Gasteiger charge is 2.17. The van der Waals surface area contributed by atoms with E-state index in [0.29, 0.717) is 17.2 Å². The summed E-state index contributed by atoms with van der Waals surface area (Å²) in [6.07, 6.45) is 0. The first-order valence-electron chi connectivity index (χ1n) is 5.45. The van der Waals surface area contributed by atoms with E-state index < -0.39 is 5.97 Å². The summed E-state index contributed by atoms with van der Waals surface area (Å²) in [5.74, 6) is 0.187. The Morgan fingerprint density at radius 2 is 2.16 bits per heavy atom. The number of rotatable bonds is 3. The molecule has 0 bridgehead atoms. The fourth-order valence-electron chi connectivity index (χ4n) is 1.90. The van der Waals surface area contributed by atoms with Crippen molar-refractivity contribution in [2.75, 3.05) is 6.79 Å².